The molecule has 0 radical (unpaired) electrons. The summed E-state index contributed by atoms with van der Waals surface area (Å²) in [5.41, 5.74) is 7.21. The van der Waals surface area contributed by atoms with Crippen molar-refractivity contribution in [1.29, 1.82) is 0 Å². The zero-order valence-corrected chi connectivity index (χ0v) is 21.5. The van der Waals surface area contributed by atoms with Crippen LogP contribution in [0.2, 0.25) is 0 Å². The Balaban J connectivity index is 1.17. The van der Waals surface area contributed by atoms with Crippen molar-refractivity contribution in [3.63, 3.8) is 0 Å². The average Bonchev–Trinajstić information content (AvgIpc) is 3.35. The lowest BCUT2D eigenvalue weighted by Crippen LogP contribution is -2.49. The summed E-state index contributed by atoms with van der Waals surface area (Å²) < 4.78 is 5.46. The third kappa shape index (κ3) is 5.74. The van der Waals surface area contributed by atoms with Crippen molar-refractivity contribution in [1.82, 2.24) is 14.8 Å². The highest BCUT2D eigenvalue weighted by atomic mass is 32.1. The van der Waals surface area contributed by atoms with Crippen LogP contribution in [0.5, 0.6) is 0 Å². The quantitative estimate of drug-likeness (QED) is 0.520. The van der Waals surface area contributed by atoms with Crippen LogP contribution in [0, 0.1) is 13.8 Å². The van der Waals surface area contributed by atoms with E-state index in [2.05, 4.69) is 66.1 Å². The van der Waals surface area contributed by atoms with Crippen molar-refractivity contribution >= 4 is 22.9 Å². The fourth-order valence-corrected chi connectivity index (χ4v) is 5.70. The highest BCUT2D eigenvalue weighted by molar-refractivity contribution is 7.13. The number of aromatic nitrogens is 1. The molecule has 184 valence electrons. The van der Waals surface area contributed by atoms with Crippen LogP contribution in [-0.2, 0) is 22.5 Å². The molecule has 6 nitrogen and oxygen atoms in total. The van der Waals surface area contributed by atoms with E-state index in [0.29, 0.717) is 6.42 Å². The number of ether oxygens (including phenoxy) is 1. The summed E-state index contributed by atoms with van der Waals surface area (Å²) in [4.78, 5) is 24.6. The summed E-state index contributed by atoms with van der Waals surface area (Å²) in [6.07, 6.45) is 0.368. The van der Waals surface area contributed by atoms with E-state index in [1.807, 2.05) is 10.3 Å². The Labute approximate surface area is 212 Å². The van der Waals surface area contributed by atoms with Gasteiger partial charge in [0.1, 0.15) is 5.01 Å². The minimum atomic E-state index is 0.170. The predicted octanol–water partition coefficient (Wildman–Crippen LogP) is 4.15. The van der Waals surface area contributed by atoms with E-state index in [0.717, 1.165) is 75.3 Å². The van der Waals surface area contributed by atoms with Crippen LogP contribution in [0.4, 0.5) is 5.69 Å². The lowest BCUT2D eigenvalue weighted by atomic mass is 10.1. The van der Waals surface area contributed by atoms with Crippen molar-refractivity contribution in [2.75, 3.05) is 57.4 Å². The highest BCUT2D eigenvalue weighted by Crippen LogP contribution is 2.27. The van der Waals surface area contributed by atoms with Crippen molar-refractivity contribution in [3.05, 3.63) is 70.2 Å². The Morgan fingerprint density at radius 3 is 2.57 bits per heavy atom. The Kier molecular flexibility index (Phi) is 7.46. The topological polar surface area (TPSA) is 48.9 Å². The van der Waals surface area contributed by atoms with Gasteiger partial charge in [0, 0.05) is 62.4 Å². The van der Waals surface area contributed by atoms with Crippen molar-refractivity contribution in [3.8, 4) is 10.6 Å². The standard InChI is InChI=1S/C28H34N4O2S/c1-21-5-3-8-26(22(21)2)31-9-11-32(12-10-31)27(33)18-25-20-35-28(29-25)24-7-4-6-23(17-24)19-30-13-15-34-16-14-30/h3-8,17,20H,9-16,18-19H2,1-2H3. The van der Waals surface area contributed by atoms with Crippen LogP contribution < -0.4 is 4.90 Å². The first-order valence-electron chi connectivity index (χ1n) is 12.5. The Hall–Kier alpha value is -2.74. The second kappa shape index (κ2) is 10.9. The van der Waals surface area contributed by atoms with Gasteiger partial charge in [-0.2, -0.15) is 0 Å². The summed E-state index contributed by atoms with van der Waals surface area (Å²) in [5.74, 6) is 0.170. The number of piperazine rings is 1. The number of rotatable bonds is 6. The maximum atomic E-state index is 13.0. The van der Waals surface area contributed by atoms with Gasteiger partial charge in [0.15, 0.2) is 0 Å². The first kappa shape index (κ1) is 24.0. The van der Waals surface area contributed by atoms with Gasteiger partial charge in [0.2, 0.25) is 5.91 Å². The normalized spacial score (nSPS) is 17.1. The summed E-state index contributed by atoms with van der Waals surface area (Å²) in [7, 11) is 0. The van der Waals surface area contributed by atoms with Crippen molar-refractivity contribution in [2.24, 2.45) is 0 Å². The Morgan fingerprint density at radius 1 is 1.00 bits per heavy atom. The Bertz CT molecular complexity index is 1160. The van der Waals surface area contributed by atoms with Gasteiger partial charge in [-0.3, -0.25) is 9.69 Å². The smallest absolute Gasteiger partial charge is 0.228 e. The first-order chi connectivity index (χ1) is 17.1. The highest BCUT2D eigenvalue weighted by Gasteiger charge is 2.23. The van der Waals surface area contributed by atoms with Gasteiger partial charge in [0.05, 0.1) is 25.3 Å². The van der Waals surface area contributed by atoms with E-state index in [1.54, 1.807) is 11.3 Å². The number of hydrogen-bond donors (Lipinski definition) is 0. The number of aryl methyl sites for hydroxylation is 1. The number of amides is 1. The first-order valence-corrected chi connectivity index (χ1v) is 13.4. The molecule has 2 fully saturated rings. The van der Waals surface area contributed by atoms with Gasteiger partial charge >= 0.3 is 0 Å². The van der Waals surface area contributed by atoms with E-state index in [-0.39, 0.29) is 5.91 Å². The fourth-order valence-electron chi connectivity index (χ4n) is 4.88. The molecule has 0 N–H and O–H groups in total. The monoisotopic (exact) mass is 490 g/mol. The molecule has 1 amide bonds. The van der Waals surface area contributed by atoms with Crippen LogP contribution in [0.15, 0.2) is 47.8 Å². The van der Waals surface area contributed by atoms with Gasteiger partial charge < -0.3 is 14.5 Å². The number of thiazole rings is 1. The largest absolute Gasteiger partial charge is 0.379 e. The summed E-state index contributed by atoms with van der Waals surface area (Å²) in [5, 5.41) is 3.02. The minimum Gasteiger partial charge on any atom is -0.379 e. The summed E-state index contributed by atoms with van der Waals surface area (Å²) in [6.45, 7) is 12.1. The van der Waals surface area contributed by atoms with Crippen LogP contribution in [-0.4, -0.2) is 73.2 Å². The molecule has 0 spiro atoms. The molecule has 2 aromatic carbocycles. The molecular weight excluding hydrogens is 456 g/mol. The van der Waals surface area contributed by atoms with Crippen molar-refractivity contribution < 1.29 is 9.53 Å². The number of carbonyl (C=O) groups is 1. The summed E-state index contributed by atoms with van der Waals surface area (Å²) >= 11 is 1.62. The molecule has 0 atom stereocenters. The second-order valence-electron chi connectivity index (χ2n) is 9.50. The molecule has 0 aliphatic carbocycles. The number of carbonyl (C=O) groups excluding carboxylic acids is 1. The maximum Gasteiger partial charge on any atom is 0.228 e. The number of anilines is 1. The molecule has 2 aliphatic rings. The molecule has 1 aromatic heterocycles. The van der Waals surface area contributed by atoms with E-state index in [9.17, 15) is 4.79 Å². The van der Waals surface area contributed by atoms with E-state index in [1.165, 1.54) is 22.4 Å². The minimum absolute atomic E-state index is 0.170. The van der Waals surface area contributed by atoms with Crippen LogP contribution >= 0.6 is 11.3 Å². The van der Waals surface area contributed by atoms with Gasteiger partial charge in [-0.25, -0.2) is 4.98 Å². The zero-order chi connectivity index (χ0) is 24.2. The average molecular weight is 491 g/mol. The molecule has 0 bridgehead atoms. The molecule has 3 aromatic rings. The molecule has 5 rings (SSSR count). The van der Waals surface area contributed by atoms with E-state index in [4.69, 9.17) is 9.72 Å². The van der Waals surface area contributed by atoms with E-state index >= 15 is 0 Å². The van der Waals surface area contributed by atoms with Gasteiger partial charge in [-0.05, 0) is 42.7 Å². The van der Waals surface area contributed by atoms with Crippen molar-refractivity contribution in [2.45, 2.75) is 26.8 Å². The summed E-state index contributed by atoms with van der Waals surface area (Å²) in [6, 6.07) is 15.1. The van der Waals surface area contributed by atoms with Gasteiger partial charge in [0.25, 0.3) is 0 Å². The maximum absolute atomic E-state index is 13.0. The molecule has 0 saturated carbocycles. The SMILES string of the molecule is Cc1cccc(N2CCN(C(=O)Cc3csc(-c4cccc(CN5CCOCC5)c4)n3)CC2)c1C. The van der Waals surface area contributed by atoms with E-state index < -0.39 is 0 Å². The number of hydrogen-bond acceptors (Lipinski definition) is 6. The van der Waals surface area contributed by atoms with Crippen LogP contribution in [0.1, 0.15) is 22.4 Å². The Morgan fingerprint density at radius 2 is 1.77 bits per heavy atom. The molecule has 0 unspecified atom stereocenters. The second-order valence-corrected chi connectivity index (χ2v) is 10.4. The molecular formula is C28H34N4O2S. The van der Waals surface area contributed by atoms with Gasteiger partial charge in [-0.1, -0.05) is 30.3 Å². The van der Waals surface area contributed by atoms with Gasteiger partial charge in [-0.15, -0.1) is 11.3 Å². The lowest BCUT2D eigenvalue weighted by Gasteiger charge is -2.37. The molecule has 2 saturated heterocycles. The third-order valence-electron chi connectivity index (χ3n) is 7.12. The van der Waals surface area contributed by atoms with Crippen LogP contribution in [0.3, 0.4) is 0 Å². The lowest BCUT2D eigenvalue weighted by molar-refractivity contribution is -0.130. The molecule has 2 aliphatic heterocycles. The number of morpholine rings is 1. The molecule has 3 heterocycles. The number of benzene rings is 2. The molecule has 7 heteroatoms. The predicted molar refractivity (Wildman–Crippen MR) is 142 cm³/mol. The zero-order valence-electron chi connectivity index (χ0n) is 20.7. The molecule has 35 heavy (non-hydrogen) atoms. The third-order valence-corrected chi connectivity index (χ3v) is 8.06. The fraction of sp³-hybridized carbons (Fsp3) is 0.429. The van der Waals surface area contributed by atoms with Crippen LogP contribution in [0.25, 0.3) is 10.6 Å². The number of nitrogens with zero attached hydrogens (tertiary/aromatic N) is 4.